The van der Waals surface area contributed by atoms with Gasteiger partial charge in [0.15, 0.2) is 18.2 Å². The molecule has 4 rings (SSSR count). The molecule has 158 valence electrons. The normalized spacial score (nSPS) is 11.0. The molecule has 0 saturated carbocycles. The lowest BCUT2D eigenvalue weighted by molar-refractivity contribution is -0.139. The molecule has 0 aliphatic carbocycles. The van der Waals surface area contributed by atoms with E-state index in [1.807, 2.05) is 0 Å². The molecule has 8 nitrogen and oxygen atoms in total. The Morgan fingerprint density at radius 3 is 2.58 bits per heavy atom. The predicted octanol–water partition coefficient (Wildman–Crippen LogP) is 4.44. The van der Waals surface area contributed by atoms with E-state index in [4.69, 9.17) is 19.0 Å². The number of aromatic nitrogens is 3. The van der Waals surface area contributed by atoms with Gasteiger partial charge in [-0.2, -0.15) is 4.98 Å². The molecule has 0 aliphatic rings. The SMILES string of the molecule is Cc1cc(-c2nc3cnc(Oc4cc(F)ccc4F)nc3o2)cc(C)c1OCC(=O)O. The van der Waals surface area contributed by atoms with Crippen molar-refractivity contribution in [1.29, 1.82) is 0 Å². The number of benzene rings is 2. The maximum Gasteiger partial charge on any atom is 0.341 e. The van der Waals surface area contributed by atoms with Crippen molar-refractivity contribution < 1.29 is 32.6 Å². The Hall–Kier alpha value is -4.08. The Bertz CT molecular complexity index is 1280. The van der Waals surface area contributed by atoms with Crippen LogP contribution in [0.1, 0.15) is 11.1 Å². The summed E-state index contributed by atoms with van der Waals surface area (Å²) in [5.41, 5.74) is 2.46. The number of carboxylic acid groups (broad SMARTS) is 1. The van der Waals surface area contributed by atoms with Crippen molar-refractivity contribution in [2.75, 3.05) is 6.61 Å². The molecular weight excluding hydrogens is 412 g/mol. The molecule has 31 heavy (non-hydrogen) atoms. The quantitative estimate of drug-likeness (QED) is 0.481. The largest absolute Gasteiger partial charge is 0.481 e. The molecule has 10 heteroatoms. The molecular formula is C21H15F2N3O5. The van der Waals surface area contributed by atoms with Crippen LogP contribution in [-0.2, 0) is 4.79 Å². The van der Waals surface area contributed by atoms with Gasteiger partial charge in [0, 0.05) is 11.6 Å². The van der Waals surface area contributed by atoms with Gasteiger partial charge in [0.2, 0.25) is 5.89 Å². The Labute approximate surface area is 174 Å². The molecule has 0 fully saturated rings. The lowest BCUT2D eigenvalue weighted by atomic mass is 10.1. The second-order valence-electron chi connectivity index (χ2n) is 6.66. The maximum absolute atomic E-state index is 13.8. The van der Waals surface area contributed by atoms with Crippen molar-refractivity contribution in [2.45, 2.75) is 13.8 Å². The number of ether oxygens (including phenoxy) is 2. The minimum Gasteiger partial charge on any atom is -0.481 e. The van der Waals surface area contributed by atoms with Crippen LogP contribution in [0.2, 0.25) is 0 Å². The Balaban J connectivity index is 1.64. The first-order chi connectivity index (χ1) is 14.8. The minimum atomic E-state index is -1.07. The highest BCUT2D eigenvalue weighted by molar-refractivity contribution is 5.73. The summed E-state index contributed by atoms with van der Waals surface area (Å²) in [5.74, 6) is -2.15. The van der Waals surface area contributed by atoms with Crippen LogP contribution >= 0.6 is 0 Å². The monoisotopic (exact) mass is 427 g/mol. The average molecular weight is 427 g/mol. The summed E-state index contributed by atoms with van der Waals surface area (Å²) < 4.78 is 43.3. The molecule has 1 N–H and O–H groups in total. The highest BCUT2D eigenvalue weighted by Gasteiger charge is 2.16. The standard InChI is InChI=1S/C21H15F2N3O5/c1-10-5-12(6-11(2)18(10)29-9-17(27)28)19-25-15-8-24-21(26-20(15)31-19)30-16-7-13(22)3-4-14(16)23/h3-8H,9H2,1-2H3,(H,27,28). The number of hydrogen-bond acceptors (Lipinski definition) is 7. The third-order valence-corrected chi connectivity index (χ3v) is 4.27. The van der Waals surface area contributed by atoms with Gasteiger partial charge in [0.1, 0.15) is 17.1 Å². The predicted molar refractivity (Wildman–Crippen MR) is 104 cm³/mol. The number of carbonyl (C=O) groups is 1. The summed E-state index contributed by atoms with van der Waals surface area (Å²) in [4.78, 5) is 23.1. The fourth-order valence-corrected chi connectivity index (χ4v) is 2.98. The van der Waals surface area contributed by atoms with E-state index >= 15 is 0 Å². The van der Waals surface area contributed by atoms with Crippen molar-refractivity contribution >= 4 is 17.2 Å². The average Bonchev–Trinajstić information content (AvgIpc) is 3.13. The summed E-state index contributed by atoms with van der Waals surface area (Å²) in [5, 5.41) is 8.80. The second kappa shape index (κ2) is 7.98. The Morgan fingerprint density at radius 1 is 1.13 bits per heavy atom. The molecule has 0 atom stereocenters. The van der Waals surface area contributed by atoms with E-state index in [1.165, 1.54) is 6.20 Å². The van der Waals surface area contributed by atoms with Gasteiger partial charge < -0.3 is 19.0 Å². The molecule has 0 amide bonds. The van der Waals surface area contributed by atoms with E-state index in [2.05, 4.69) is 15.0 Å². The fraction of sp³-hybridized carbons (Fsp3) is 0.143. The van der Waals surface area contributed by atoms with Crippen LogP contribution in [0.3, 0.4) is 0 Å². The van der Waals surface area contributed by atoms with Gasteiger partial charge in [-0.15, -0.1) is 0 Å². The molecule has 4 aromatic rings. The molecule has 0 aliphatic heterocycles. The van der Waals surface area contributed by atoms with Crippen LogP contribution in [0.4, 0.5) is 8.78 Å². The second-order valence-corrected chi connectivity index (χ2v) is 6.66. The number of hydrogen-bond donors (Lipinski definition) is 1. The van der Waals surface area contributed by atoms with Crippen molar-refractivity contribution in [3.8, 4) is 29.0 Å². The highest BCUT2D eigenvalue weighted by Crippen LogP contribution is 2.32. The summed E-state index contributed by atoms with van der Waals surface area (Å²) in [6.07, 6.45) is 1.34. The molecule has 2 heterocycles. The Morgan fingerprint density at radius 2 is 1.87 bits per heavy atom. The van der Waals surface area contributed by atoms with Gasteiger partial charge in [-0.1, -0.05) is 0 Å². The van der Waals surface area contributed by atoms with Crippen LogP contribution < -0.4 is 9.47 Å². The van der Waals surface area contributed by atoms with Gasteiger partial charge in [-0.05, 0) is 49.2 Å². The van der Waals surface area contributed by atoms with Gasteiger partial charge in [-0.3, -0.25) is 0 Å². The van der Waals surface area contributed by atoms with Crippen molar-refractivity contribution in [3.05, 3.63) is 59.3 Å². The van der Waals surface area contributed by atoms with Gasteiger partial charge in [0.05, 0.1) is 6.20 Å². The topological polar surface area (TPSA) is 108 Å². The number of carboxylic acids is 1. The van der Waals surface area contributed by atoms with Gasteiger partial charge in [-0.25, -0.2) is 23.5 Å². The van der Waals surface area contributed by atoms with Gasteiger partial charge in [0.25, 0.3) is 5.71 Å². The lowest BCUT2D eigenvalue weighted by Gasteiger charge is -2.11. The highest BCUT2D eigenvalue weighted by atomic mass is 19.1. The first-order valence-electron chi connectivity index (χ1n) is 9.03. The number of nitrogens with zero attached hydrogens (tertiary/aromatic N) is 3. The number of rotatable bonds is 6. The van der Waals surface area contributed by atoms with E-state index in [9.17, 15) is 13.6 Å². The minimum absolute atomic E-state index is 0.0957. The Kier molecular flexibility index (Phi) is 5.20. The maximum atomic E-state index is 13.8. The van der Waals surface area contributed by atoms with E-state index in [0.717, 1.165) is 18.2 Å². The number of aryl methyl sites for hydroxylation is 2. The van der Waals surface area contributed by atoms with E-state index < -0.39 is 24.2 Å². The fourth-order valence-electron chi connectivity index (χ4n) is 2.98. The molecule has 2 aromatic heterocycles. The number of oxazole rings is 1. The van der Waals surface area contributed by atoms with Gasteiger partial charge >= 0.3 is 12.0 Å². The summed E-state index contributed by atoms with van der Waals surface area (Å²) in [6, 6.07) is 6.03. The van der Waals surface area contributed by atoms with Crippen molar-refractivity contribution in [3.63, 3.8) is 0 Å². The van der Waals surface area contributed by atoms with Crippen LogP contribution in [0.5, 0.6) is 17.5 Å². The number of fused-ring (bicyclic) bond motifs is 1. The van der Waals surface area contributed by atoms with Crippen LogP contribution in [0.25, 0.3) is 22.7 Å². The van der Waals surface area contributed by atoms with Crippen molar-refractivity contribution in [2.24, 2.45) is 0 Å². The van der Waals surface area contributed by atoms with Crippen LogP contribution in [-0.4, -0.2) is 32.6 Å². The lowest BCUT2D eigenvalue weighted by Crippen LogP contribution is -2.10. The third kappa shape index (κ3) is 4.27. The van der Waals surface area contributed by atoms with E-state index in [1.54, 1.807) is 26.0 Å². The summed E-state index contributed by atoms with van der Waals surface area (Å²) in [7, 11) is 0. The summed E-state index contributed by atoms with van der Waals surface area (Å²) in [6.45, 7) is 3.10. The van der Waals surface area contributed by atoms with E-state index in [-0.39, 0.29) is 23.4 Å². The molecule has 2 aromatic carbocycles. The molecule has 0 saturated heterocycles. The van der Waals surface area contributed by atoms with Crippen molar-refractivity contribution in [1.82, 2.24) is 15.0 Å². The molecule has 0 radical (unpaired) electrons. The molecule has 0 bridgehead atoms. The first kappa shape index (κ1) is 20.2. The molecule has 0 unspecified atom stereocenters. The molecule has 0 spiro atoms. The smallest absolute Gasteiger partial charge is 0.341 e. The summed E-state index contributed by atoms with van der Waals surface area (Å²) >= 11 is 0. The van der Waals surface area contributed by atoms with Crippen LogP contribution in [0.15, 0.2) is 40.9 Å². The van der Waals surface area contributed by atoms with Crippen LogP contribution in [0, 0.1) is 25.5 Å². The zero-order chi connectivity index (χ0) is 22.1. The zero-order valence-corrected chi connectivity index (χ0v) is 16.3. The third-order valence-electron chi connectivity index (χ3n) is 4.27. The number of halogens is 2. The number of aliphatic carboxylic acids is 1. The zero-order valence-electron chi connectivity index (χ0n) is 16.3. The van der Waals surface area contributed by atoms with E-state index in [0.29, 0.717) is 28.0 Å². The first-order valence-corrected chi connectivity index (χ1v) is 9.03.